The van der Waals surface area contributed by atoms with Gasteiger partial charge in [-0.05, 0) is 252 Å². The Hall–Kier alpha value is -13.5. The van der Waals surface area contributed by atoms with Crippen LogP contribution in [0.5, 0.6) is 0 Å². The van der Waals surface area contributed by atoms with E-state index in [2.05, 4.69) is 152 Å². The van der Waals surface area contributed by atoms with Gasteiger partial charge >= 0.3 is 0 Å². The van der Waals surface area contributed by atoms with Crippen molar-refractivity contribution in [3.05, 3.63) is 399 Å². The van der Waals surface area contributed by atoms with E-state index in [1.54, 1.807) is 55.8 Å². The minimum atomic E-state index is 0.922. The summed E-state index contributed by atoms with van der Waals surface area (Å²) in [6.07, 6.45) is 32.6. The van der Waals surface area contributed by atoms with Gasteiger partial charge in [0.2, 0.25) is 0 Å². The molecular weight excluding hydrogens is 1280 g/mol. The molecule has 0 aliphatic heterocycles. The lowest BCUT2D eigenvalue weighted by molar-refractivity contribution is 1.20. The Morgan fingerprint density at radius 1 is 0.163 bits per heavy atom. The summed E-state index contributed by atoms with van der Waals surface area (Å²) in [6, 6.07) is 80.3. The van der Waals surface area contributed by atoms with Gasteiger partial charge in [0.25, 0.3) is 0 Å². The molecule has 0 radical (unpaired) electrons. The number of aryl methyl sites for hydroxylation is 8. The zero-order chi connectivity index (χ0) is 72.8. The first kappa shape index (κ1) is 74.8. The first-order valence-electron chi connectivity index (χ1n) is 33.9. The number of nitrogens with zero attached hydrogens (tertiary/aromatic N) is 14. The smallest absolute Gasteiger partial charge is 0.0888 e. The second-order valence-corrected chi connectivity index (χ2v) is 23.8. The van der Waals surface area contributed by atoms with Crippen molar-refractivity contribution in [1.82, 2.24) is 69.8 Å². The molecule has 0 amide bonds. The van der Waals surface area contributed by atoms with Gasteiger partial charge in [-0.2, -0.15) is 0 Å². The van der Waals surface area contributed by atoms with Crippen molar-refractivity contribution in [1.29, 1.82) is 0 Å². The highest BCUT2D eigenvalue weighted by Gasteiger charge is 2.04. The molecule has 0 unspecified atom stereocenters. The van der Waals surface area contributed by atoms with Crippen LogP contribution in [-0.2, 0) is 0 Å². The van der Waals surface area contributed by atoms with Gasteiger partial charge in [0.15, 0.2) is 0 Å². The lowest BCUT2D eigenvalue weighted by Crippen LogP contribution is -1.86. The van der Waals surface area contributed by atoms with E-state index in [0.29, 0.717) is 0 Å². The molecule has 0 N–H and O–H groups in total. The minimum Gasteiger partial charge on any atom is -0.265 e. The molecule has 512 valence electrons. The highest BCUT2D eigenvalue weighted by atomic mass is 14.8. The van der Waals surface area contributed by atoms with E-state index in [4.69, 9.17) is 0 Å². The van der Waals surface area contributed by atoms with Crippen LogP contribution < -0.4 is 0 Å². The standard InChI is InChI=1S/2C12H11N.6C11H10N2/c1-10-7-12(9-13-8-10)11-5-3-2-4-6-11;1-10-7-8-13-12(9-10)11-5-3-2-4-6-11;1-9-2-7-13-11(8-9)10-3-5-12-6-4-10;1-9-4-2-6-11(13-9)10-5-3-7-12-8-10;1-9-4-6-13-11(7-9)10-3-2-5-12-8-10;1-9-3-2-4-11(13-9)10-5-7-12-8-6-10;1-9-5-7-13-11(8-9)10-4-2-3-6-12-10;1-9-6-10(8-12-7-9)11-4-2-3-5-13-11/h2*2-9H,1H3;6*2-8H,1H3. The molecule has 14 nitrogen and oxygen atoms in total. The Morgan fingerprint density at radius 2 is 0.510 bits per heavy atom. The molecule has 2 aromatic carbocycles. The maximum absolute atomic E-state index is 4.42. The molecule has 0 aliphatic rings. The first-order valence-corrected chi connectivity index (χ1v) is 33.9. The average Bonchev–Trinajstić information content (AvgIpc) is 0.973. The molecule has 0 atom stereocenters. The number of hydrogen-bond acceptors (Lipinski definition) is 14. The van der Waals surface area contributed by atoms with E-state index >= 15 is 0 Å². The van der Waals surface area contributed by atoms with Crippen molar-refractivity contribution in [3.63, 3.8) is 0 Å². The van der Waals surface area contributed by atoms with E-state index in [9.17, 15) is 0 Å². The second-order valence-electron chi connectivity index (χ2n) is 23.8. The number of hydrogen-bond donors (Lipinski definition) is 0. The third kappa shape index (κ3) is 25.7. The van der Waals surface area contributed by atoms with E-state index in [1.165, 1.54) is 44.5 Å². The van der Waals surface area contributed by atoms with Gasteiger partial charge in [0, 0.05) is 162 Å². The van der Waals surface area contributed by atoms with E-state index in [1.807, 2.05) is 272 Å². The van der Waals surface area contributed by atoms with Crippen LogP contribution in [0, 0.1) is 55.4 Å². The topological polar surface area (TPSA) is 180 Å². The van der Waals surface area contributed by atoms with Crippen molar-refractivity contribution < 1.29 is 0 Å². The van der Waals surface area contributed by atoms with Crippen LogP contribution in [0.4, 0.5) is 0 Å². The molecule has 14 heteroatoms. The molecule has 0 bridgehead atoms. The summed E-state index contributed by atoms with van der Waals surface area (Å²) in [5.74, 6) is 0. The average molecular weight is 1360 g/mol. The van der Waals surface area contributed by atoms with Crippen molar-refractivity contribution in [3.8, 4) is 90.1 Å². The molecule has 0 fully saturated rings. The van der Waals surface area contributed by atoms with Crippen LogP contribution in [0.15, 0.2) is 354 Å². The van der Waals surface area contributed by atoms with Gasteiger partial charge < -0.3 is 0 Å². The molecule has 16 rings (SSSR count). The van der Waals surface area contributed by atoms with Crippen LogP contribution in [0.1, 0.15) is 44.8 Å². The monoisotopic (exact) mass is 1360 g/mol. The largest absolute Gasteiger partial charge is 0.265 e. The van der Waals surface area contributed by atoms with Crippen molar-refractivity contribution in [2.45, 2.75) is 55.4 Å². The molecule has 14 heterocycles. The molecular formula is C90H82N14. The van der Waals surface area contributed by atoms with E-state index in [0.717, 1.165) is 90.3 Å². The molecule has 0 spiro atoms. The summed E-state index contributed by atoms with van der Waals surface area (Å²) in [7, 11) is 0. The Balaban J connectivity index is 0.000000138. The molecule has 0 saturated heterocycles. The summed E-state index contributed by atoms with van der Waals surface area (Å²) < 4.78 is 0. The first-order chi connectivity index (χ1) is 50.9. The van der Waals surface area contributed by atoms with E-state index < -0.39 is 0 Å². The fourth-order valence-corrected chi connectivity index (χ4v) is 9.94. The Kier molecular flexibility index (Phi) is 29.6. The zero-order valence-electron chi connectivity index (χ0n) is 59.7. The number of benzene rings is 2. The number of rotatable bonds is 8. The zero-order valence-corrected chi connectivity index (χ0v) is 59.7. The number of aromatic nitrogens is 14. The lowest BCUT2D eigenvalue weighted by atomic mass is 10.1. The predicted octanol–water partition coefficient (Wildman–Crippen LogP) is 20.8. The van der Waals surface area contributed by atoms with Gasteiger partial charge in [-0.25, -0.2) is 0 Å². The third-order valence-electron chi connectivity index (χ3n) is 15.1. The molecule has 0 aliphatic carbocycles. The molecule has 16 aromatic rings. The summed E-state index contributed by atoms with van der Waals surface area (Å²) >= 11 is 0. The van der Waals surface area contributed by atoms with Crippen LogP contribution >= 0.6 is 0 Å². The predicted molar refractivity (Wildman–Crippen MR) is 422 cm³/mol. The maximum atomic E-state index is 4.42. The molecule has 0 saturated carbocycles. The summed E-state index contributed by atoms with van der Waals surface area (Å²) in [5.41, 5.74) is 26.1. The summed E-state index contributed by atoms with van der Waals surface area (Å²) in [6.45, 7) is 16.3. The van der Waals surface area contributed by atoms with Crippen LogP contribution in [0.2, 0.25) is 0 Å². The van der Waals surface area contributed by atoms with Crippen molar-refractivity contribution >= 4 is 0 Å². The van der Waals surface area contributed by atoms with Crippen LogP contribution in [-0.4, -0.2) is 69.8 Å². The van der Waals surface area contributed by atoms with Crippen molar-refractivity contribution in [2.75, 3.05) is 0 Å². The SMILES string of the molecule is Cc1cccc(-c2cccnc2)n1.Cc1cccc(-c2ccncc2)n1.Cc1ccnc(-c2ccccc2)c1.Cc1ccnc(-c2ccccn2)c1.Cc1ccnc(-c2cccnc2)c1.Cc1ccnc(-c2ccncc2)c1.Cc1cncc(-c2ccccc2)c1.Cc1cncc(-c2ccccn2)c1. The van der Waals surface area contributed by atoms with Gasteiger partial charge in [-0.3, -0.25) is 69.8 Å². The Morgan fingerprint density at radius 3 is 0.942 bits per heavy atom. The van der Waals surface area contributed by atoms with Crippen LogP contribution in [0.3, 0.4) is 0 Å². The molecule has 14 aromatic heterocycles. The molecule has 104 heavy (non-hydrogen) atoms. The summed E-state index contributed by atoms with van der Waals surface area (Å²) in [4.78, 5) is 58.7. The highest BCUT2D eigenvalue weighted by Crippen LogP contribution is 2.23. The quantitative estimate of drug-likeness (QED) is 0.140. The maximum Gasteiger partial charge on any atom is 0.0888 e. The Labute approximate surface area is 610 Å². The van der Waals surface area contributed by atoms with Crippen LogP contribution in [0.25, 0.3) is 90.1 Å². The second kappa shape index (κ2) is 41.2. The minimum absolute atomic E-state index is 0.922. The fraction of sp³-hybridized carbons (Fsp3) is 0.0889. The van der Waals surface area contributed by atoms with Gasteiger partial charge in [0.1, 0.15) is 0 Å². The van der Waals surface area contributed by atoms with Gasteiger partial charge in [-0.1, -0.05) is 84.9 Å². The van der Waals surface area contributed by atoms with Gasteiger partial charge in [-0.15, -0.1) is 0 Å². The lowest BCUT2D eigenvalue weighted by Gasteiger charge is -2.00. The fourth-order valence-electron chi connectivity index (χ4n) is 9.94. The normalized spacial score (nSPS) is 9.92. The number of pyridine rings is 14. The summed E-state index contributed by atoms with van der Waals surface area (Å²) in [5, 5.41) is 0. The Bertz CT molecular complexity index is 4130. The highest BCUT2D eigenvalue weighted by molar-refractivity contribution is 5.64. The van der Waals surface area contributed by atoms with Gasteiger partial charge in [0.05, 0.1) is 45.6 Å². The van der Waals surface area contributed by atoms with E-state index in [-0.39, 0.29) is 0 Å². The third-order valence-corrected chi connectivity index (χ3v) is 15.1. The van der Waals surface area contributed by atoms with Crippen molar-refractivity contribution in [2.24, 2.45) is 0 Å².